The molecule has 0 saturated carbocycles. The molecule has 1 aromatic rings. The molecule has 13 heavy (non-hydrogen) atoms. The van der Waals surface area contributed by atoms with Crippen LogP contribution in [0.5, 0.6) is 11.5 Å². The van der Waals surface area contributed by atoms with Crippen LogP contribution in [0.15, 0.2) is 12.1 Å². The van der Waals surface area contributed by atoms with Crippen LogP contribution < -0.4 is 4.74 Å². The summed E-state index contributed by atoms with van der Waals surface area (Å²) in [6.45, 7) is 6.62. The lowest BCUT2D eigenvalue weighted by molar-refractivity contribution is 0.315. The normalized spacial score (nSPS) is 10.1. The number of phenolic OH excluding ortho intramolecular Hbond substituents is 1. The van der Waals surface area contributed by atoms with Crippen LogP contribution in [-0.4, -0.2) is 11.7 Å². The highest BCUT2D eigenvalue weighted by molar-refractivity contribution is 5.44. The Bertz CT molecular complexity index is 269. The second-order valence-corrected chi connectivity index (χ2v) is 3.23. The van der Waals surface area contributed by atoms with Gasteiger partial charge in [-0.05, 0) is 37.5 Å². The number of aromatic hydroxyl groups is 1. The Kier molecular flexibility index (Phi) is 3.18. The van der Waals surface area contributed by atoms with Crippen LogP contribution in [0.3, 0.4) is 0 Å². The van der Waals surface area contributed by atoms with Crippen molar-refractivity contribution in [3.05, 3.63) is 23.3 Å². The molecule has 0 fully saturated rings. The van der Waals surface area contributed by atoms with Gasteiger partial charge in [-0.3, -0.25) is 0 Å². The molecule has 2 heteroatoms. The summed E-state index contributed by atoms with van der Waals surface area (Å²) in [6.07, 6.45) is 0.980. The molecule has 0 unspecified atom stereocenters. The van der Waals surface area contributed by atoms with E-state index >= 15 is 0 Å². The van der Waals surface area contributed by atoms with Crippen molar-refractivity contribution in [1.82, 2.24) is 0 Å². The first-order valence-electron chi connectivity index (χ1n) is 4.58. The molecular formula is C11H16O2. The van der Waals surface area contributed by atoms with Gasteiger partial charge in [0.1, 0.15) is 11.5 Å². The SMILES string of the molecule is CCCOc1cc(C)c(C)c(O)c1. The van der Waals surface area contributed by atoms with Gasteiger partial charge in [-0.15, -0.1) is 0 Å². The first-order valence-corrected chi connectivity index (χ1v) is 4.58. The summed E-state index contributed by atoms with van der Waals surface area (Å²) in [5, 5.41) is 9.50. The van der Waals surface area contributed by atoms with Crippen LogP contribution in [0, 0.1) is 13.8 Å². The van der Waals surface area contributed by atoms with E-state index in [1.165, 1.54) is 0 Å². The quantitative estimate of drug-likeness (QED) is 0.775. The summed E-state index contributed by atoms with van der Waals surface area (Å²) in [5.74, 6) is 1.06. The van der Waals surface area contributed by atoms with Gasteiger partial charge < -0.3 is 9.84 Å². The van der Waals surface area contributed by atoms with Gasteiger partial charge in [-0.2, -0.15) is 0 Å². The highest BCUT2D eigenvalue weighted by Crippen LogP contribution is 2.26. The Morgan fingerprint density at radius 3 is 2.54 bits per heavy atom. The number of hydrogen-bond donors (Lipinski definition) is 1. The molecule has 0 amide bonds. The topological polar surface area (TPSA) is 29.5 Å². The Labute approximate surface area is 79.2 Å². The van der Waals surface area contributed by atoms with Crippen molar-refractivity contribution < 1.29 is 9.84 Å². The fourth-order valence-electron chi connectivity index (χ4n) is 1.11. The van der Waals surface area contributed by atoms with Crippen LogP contribution in [-0.2, 0) is 0 Å². The lowest BCUT2D eigenvalue weighted by Gasteiger charge is -2.08. The second kappa shape index (κ2) is 4.17. The summed E-state index contributed by atoms with van der Waals surface area (Å²) in [7, 11) is 0. The number of aryl methyl sites for hydroxylation is 1. The van der Waals surface area contributed by atoms with Crippen LogP contribution in [0.25, 0.3) is 0 Å². The monoisotopic (exact) mass is 180 g/mol. The van der Waals surface area contributed by atoms with Crippen LogP contribution in [0.2, 0.25) is 0 Å². The van der Waals surface area contributed by atoms with E-state index in [9.17, 15) is 5.11 Å². The maximum atomic E-state index is 9.50. The Morgan fingerprint density at radius 2 is 2.00 bits per heavy atom. The van der Waals surface area contributed by atoms with Gasteiger partial charge in [0.05, 0.1) is 6.61 Å². The fourth-order valence-corrected chi connectivity index (χ4v) is 1.11. The minimum atomic E-state index is 0.311. The van der Waals surface area contributed by atoms with E-state index in [1.807, 2.05) is 19.9 Å². The van der Waals surface area contributed by atoms with Crippen molar-refractivity contribution >= 4 is 0 Å². The minimum Gasteiger partial charge on any atom is -0.508 e. The van der Waals surface area contributed by atoms with E-state index in [-0.39, 0.29) is 0 Å². The molecule has 0 radical (unpaired) electrons. The number of hydrogen-bond acceptors (Lipinski definition) is 2. The average molecular weight is 180 g/mol. The van der Waals surface area contributed by atoms with Crippen LogP contribution >= 0.6 is 0 Å². The average Bonchev–Trinajstić information content (AvgIpc) is 2.10. The first-order chi connectivity index (χ1) is 6.15. The molecule has 0 atom stereocenters. The molecule has 1 N–H and O–H groups in total. The number of rotatable bonds is 3. The summed E-state index contributed by atoms with van der Waals surface area (Å²) in [5.41, 5.74) is 1.98. The molecule has 0 aliphatic carbocycles. The van der Waals surface area contributed by atoms with Gasteiger partial charge in [0.2, 0.25) is 0 Å². The van der Waals surface area contributed by atoms with Crippen molar-refractivity contribution in [2.45, 2.75) is 27.2 Å². The van der Waals surface area contributed by atoms with Crippen LogP contribution in [0.4, 0.5) is 0 Å². The second-order valence-electron chi connectivity index (χ2n) is 3.23. The largest absolute Gasteiger partial charge is 0.508 e. The maximum Gasteiger partial charge on any atom is 0.123 e. The van der Waals surface area contributed by atoms with Crippen molar-refractivity contribution in [2.24, 2.45) is 0 Å². The molecule has 0 aromatic heterocycles. The van der Waals surface area contributed by atoms with E-state index in [0.717, 1.165) is 23.3 Å². The third-order valence-electron chi connectivity index (χ3n) is 2.09. The smallest absolute Gasteiger partial charge is 0.123 e. The molecule has 1 aromatic carbocycles. The third-order valence-corrected chi connectivity index (χ3v) is 2.09. The van der Waals surface area contributed by atoms with Crippen molar-refractivity contribution in [3.8, 4) is 11.5 Å². The van der Waals surface area contributed by atoms with E-state index in [2.05, 4.69) is 6.92 Å². The Balaban J connectivity index is 2.86. The van der Waals surface area contributed by atoms with Crippen molar-refractivity contribution in [3.63, 3.8) is 0 Å². The van der Waals surface area contributed by atoms with E-state index in [1.54, 1.807) is 6.07 Å². The summed E-state index contributed by atoms with van der Waals surface area (Å²) in [6, 6.07) is 3.61. The molecule has 0 spiro atoms. The molecular weight excluding hydrogens is 164 g/mol. The molecule has 0 heterocycles. The van der Waals surface area contributed by atoms with Gasteiger partial charge >= 0.3 is 0 Å². The summed E-state index contributed by atoms with van der Waals surface area (Å²) in [4.78, 5) is 0. The zero-order chi connectivity index (χ0) is 9.84. The number of benzene rings is 1. The molecule has 1 rings (SSSR count). The van der Waals surface area contributed by atoms with E-state index < -0.39 is 0 Å². The third kappa shape index (κ3) is 2.38. The molecule has 0 aliphatic rings. The van der Waals surface area contributed by atoms with Crippen molar-refractivity contribution in [1.29, 1.82) is 0 Å². The molecule has 0 bridgehead atoms. The summed E-state index contributed by atoms with van der Waals surface area (Å²) >= 11 is 0. The van der Waals surface area contributed by atoms with Gasteiger partial charge in [0.15, 0.2) is 0 Å². The van der Waals surface area contributed by atoms with Crippen molar-refractivity contribution in [2.75, 3.05) is 6.61 Å². The highest BCUT2D eigenvalue weighted by Gasteiger charge is 2.02. The molecule has 72 valence electrons. The molecule has 2 nitrogen and oxygen atoms in total. The predicted molar refractivity (Wildman–Crippen MR) is 53.4 cm³/mol. The molecule has 0 saturated heterocycles. The fraction of sp³-hybridized carbons (Fsp3) is 0.455. The Hall–Kier alpha value is -1.18. The lowest BCUT2D eigenvalue weighted by atomic mass is 10.1. The highest BCUT2D eigenvalue weighted by atomic mass is 16.5. The van der Waals surface area contributed by atoms with E-state index in [0.29, 0.717) is 12.4 Å². The standard InChI is InChI=1S/C11H16O2/c1-4-5-13-10-6-8(2)9(3)11(12)7-10/h6-7,12H,4-5H2,1-3H3. The minimum absolute atomic E-state index is 0.311. The first kappa shape index (κ1) is 9.90. The lowest BCUT2D eigenvalue weighted by Crippen LogP contribution is -1.95. The number of ether oxygens (including phenoxy) is 1. The van der Waals surface area contributed by atoms with Gasteiger partial charge in [0, 0.05) is 6.07 Å². The van der Waals surface area contributed by atoms with Gasteiger partial charge in [0.25, 0.3) is 0 Å². The zero-order valence-corrected chi connectivity index (χ0v) is 8.42. The van der Waals surface area contributed by atoms with Gasteiger partial charge in [-0.25, -0.2) is 0 Å². The Morgan fingerprint density at radius 1 is 1.31 bits per heavy atom. The summed E-state index contributed by atoms with van der Waals surface area (Å²) < 4.78 is 5.41. The number of phenols is 1. The predicted octanol–water partition coefficient (Wildman–Crippen LogP) is 2.80. The van der Waals surface area contributed by atoms with Gasteiger partial charge in [-0.1, -0.05) is 6.92 Å². The van der Waals surface area contributed by atoms with E-state index in [4.69, 9.17) is 4.74 Å². The maximum absolute atomic E-state index is 9.50. The van der Waals surface area contributed by atoms with Crippen LogP contribution in [0.1, 0.15) is 24.5 Å². The molecule has 0 aliphatic heterocycles. The zero-order valence-electron chi connectivity index (χ0n) is 8.42.